The summed E-state index contributed by atoms with van der Waals surface area (Å²) in [6, 6.07) is 4.40. The Morgan fingerprint density at radius 2 is 2.08 bits per heavy atom. The molecule has 0 saturated carbocycles. The van der Waals surface area contributed by atoms with E-state index in [1.807, 2.05) is 0 Å². The van der Waals surface area contributed by atoms with Crippen LogP contribution in [0.2, 0.25) is 5.02 Å². The number of rotatable bonds is 4. The van der Waals surface area contributed by atoms with Gasteiger partial charge in [-0.25, -0.2) is 4.79 Å². The van der Waals surface area contributed by atoms with E-state index in [0.717, 1.165) is 0 Å². The predicted octanol–water partition coefficient (Wildman–Crippen LogP) is 2.20. The Hall–Kier alpha value is -2.74. The number of aryl methyl sites for hydroxylation is 1. The molecule has 24 heavy (non-hydrogen) atoms. The molecule has 0 unspecified atom stereocenters. The van der Waals surface area contributed by atoms with Gasteiger partial charge in [-0.15, -0.1) is 0 Å². The number of carbonyl (C=O) groups is 2. The predicted molar refractivity (Wildman–Crippen MR) is 82.6 cm³/mol. The van der Waals surface area contributed by atoms with E-state index in [2.05, 4.69) is 10.5 Å². The van der Waals surface area contributed by atoms with Gasteiger partial charge >= 0.3 is 5.97 Å². The average molecular weight is 353 g/mol. The van der Waals surface area contributed by atoms with E-state index in [1.165, 1.54) is 12.1 Å². The monoisotopic (exact) mass is 352 g/mol. The van der Waals surface area contributed by atoms with E-state index < -0.39 is 18.5 Å². The lowest BCUT2D eigenvalue weighted by Gasteiger charge is -2.19. The second kappa shape index (κ2) is 6.79. The highest BCUT2D eigenvalue weighted by molar-refractivity contribution is 6.32. The van der Waals surface area contributed by atoms with Crippen molar-refractivity contribution in [3.05, 3.63) is 34.5 Å². The van der Waals surface area contributed by atoms with Crippen molar-refractivity contribution in [2.75, 3.05) is 25.1 Å². The molecular formula is C15H13ClN2O6. The molecule has 1 N–H and O–H groups in total. The van der Waals surface area contributed by atoms with Crippen molar-refractivity contribution in [1.29, 1.82) is 0 Å². The normalized spacial score (nSPS) is 12.6. The molecule has 1 amide bonds. The minimum absolute atomic E-state index is 0.161. The molecule has 0 radical (unpaired) electrons. The summed E-state index contributed by atoms with van der Waals surface area (Å²) in [7, 11) is 0. The SMILES string of the molecule is Cc1cc(NC(=O)COC(=O)c2cc(Cl)c3c(c2)OCCO3)no1. The van der Waals surface area contributed by atoms with Gasteiger partial charge in [-0.3, -0.25) is 4.79 Å². The maximum atomic E-state index is 12.1. The van der Waals surface area contributed by atoms with Crippen molar-refractivity contribution in [2.24, 2.45) is 0 Å². The van der Waals surface area contributed by atoms with Crippen LogP contribution in [0.4, 0.5) is 5.82 Å². The molecule has 3 rings (SSSR count). The minimum Gasteiger partial charge on any atom is -0.486 e. The second-order valence-electron chi connectivity index (χ2n) is 4.93. The van der Waals surface area contributed by atoms with Gasteiger partial charge in [0.15, 0.2) is 23.9 Å². The van der Waals surface area contributed by atoms with E-state index in [1.54, 1.807) is 13.0 Å². The van der Waals surface area contributed by atoms with Crippen LogP contribution in [0, 0.1) is 6.92 Å². The Bertz CT molecular complexity index is 788. The number of amides is 1. The molecule has 0 saturated heterocycles. The lowest BCUT2D eigenvalue weighted by atomic mass is 10.2. The zero-order valence-electron chi connectivity index (χ0n) is 12.6. The van der Waals surface area contributed by atoms with Crippen molar-refractivity contribution >= 4 is 29.3 Å². The molecule has 2 heterocycles. The van der Waals surface area contributed by atoms with Crippen LogP contribution in [-0.4, -0.2) is 36.9 Å². The molecule has 126 valence electrons. The third-order valence-corrected chi connectivity index (χ3v) is 3.34. The molecular weight excluding hydrogens is 340 g/mol. The number of esters is 1. The van der Waals surface area contributed by atoms with E-state index in [0.29, 0.717) is 30.5 Å². The highest BCUT2D eigenvalue weighted by Gasteiger charge is 2.20. The van der Waals surface area contributed by atoms with Crippen molar-refractivity contribution in [3.8, 4) is 11.5 Å². The molecule has 0 spiro atoms. The van der Waals surface area contributed by atoms with E-state index in [9.17, 15) is 9.59 Å². The number of ether oxygens (including phenoxy) is 3. The molecule has 0 atom stereocenters. The van der Waals surface area contributed by atoms with Crippen LogP contribution in [0.25, 0.3) is 0 Å². The molecule has 1 aliphatic rings. The third-order valence-electron chi connectivity index (χ3n) is 3.06. The lowest BCUT2D eigenvalue weighted by molar-refractivity contribution is -0.119. The molecule has 1 aliphatic heterocycles. The second-order valence-corrected chi connectivity index (χ2v) is 5.34. The van der Waals surface area contributed by atoms with Gasteiger partial charge in [0.25, 0.3) is 5.91 Å². The fourth-order valence-electron chi connectivity index (χ4n) is 2.05. The highest BCUT2D eigenvalue weighted by atomic mass is 35.5. The van der Waals surface area contributed by atoms with Crippen LogP contribution in [0.15, 0.2) is 22.7 Å². The van der Waals surface area contributed by atoms with Gasteiger partial charge in [-0.1, -0.05) is 16.8 Å². The average Bonchev–Trinajstić information content (AvgIpc) is 2.97. The smallest absolute Gasteiger partial charge is 0.338 e. The fourth-order valence-corrected chi connectivity index (χ4v) is 2.31. The molecule has 0 fully saturated rings. The van der Waals surface area contributed by atoms with Gasteiger partial charge in [0.05, 0.1) is 10.6 Å². The summed E-state index contributed by atoms with van der Waals surface area (Å²) >= 11 is 6.05. The first-order valence-corrected chi connectivity index (χ1v) is 7.40. The van der Waals surface area contributed by atoms with Crippen LogP contribution >= 0.6 is 11.6 Å². The summed E-state index contributed by atoms with van der Waals surface area (Å²) in [6.45, 7) is 1.96. The van der Waals surface area contributed by atoms with Crippen molar-refractivity contribution in [2.45, 2.75) is 6.92 Å². The standard InChI is InChI=1S/C15H13ClN2O6/c1-8-4-12(18-24-8)17-13(19)7-23-15(20)9-5-10(16)14-11(6-9)21-2-3-22-14/h4-6H,2-3,7H2,1H3,(H,17,18,19). The summed E-state index contributed by atoms with van der Waals surface area (Å²) in [4.78, 5) is 23.8. The Kier molecular flexibility index (Phi) is 4.57. The first-order valence-electron chi connectivity index (χ1n) is 7.02. The van der Waals surface area contributed by atoms with Crippen molar-refractivity contribution in [3.63, 3.8) is 0 Å². The van der Waals surface area contributed by atoms with Gasteiger partial charge in [0.1, 0.15) is 19.0 Å². The zero-order chi connectivity index (χ0) is 17.1. The quantitative estimate of drug-likeness (QED) is 0.842. The van der Waals surface area contributed by atoms with E-state index in [4.69, 9.17) is 30.3 Å². The molecule has 1 aromatic heterocycles. The molecule has 8 nitrogen and oxygen atoms in total. The Labute approximate surface area is 141 Å². The van der Waals surface area contributed by atoms with Gasteiger partial charge in [-0.05, 0) is 19.1 Å². The molecule has 0 aliphatic carbocycles. The number of nitrogens with zero attached hydrogens (tertiary/aromatic N) is 1. The summed E-state index contributed by atoms with van der Waals surface area (Å²) in [5.41, 5.74) is 0.161. The van der Waals surface area contributed by atoms with E-state index in [-0.39, 0.29) is 16.4 Å². The van der Waals surface area contributed by atoms with Gasteiger partial charge in [-0.2, -0.15) is 0 Å². The maximum Gasteiger partial charge on any atom is 0.338 e. The molecule has 9 heteroatoms. The number of benzene rings is 1. The Morgan fingerprint density at radius 1 is 1.29 bits per heavy atom. The molecule has 2 aromatic rings. The van der Waals surface area contributed by atoms with Gasteiger partial charge in [0.2, 0.25) is 0 Å². The zero-order valence-corrected chi connectivity index (χ0v) is 13.4. The summed E-state index contributed by atoms with van der Waals surface area (Å²) < 4.78 is 20.5. The number of hydrogen-bond donors (Lipinski definition) is 1. The number of anilines is 1. The number of carbonyl (C=O) groups excluding carboxylic acids is 2. The first-order chi connectivity index (χ1) is 11.5. The van der Waals surface area contributed by atoms with Crippen molar-refractivity contribution in [1.82, 2.24) is 5.16 Å². The van der Waals surface area contributed by atoms with Crippen LogP contribution in [0.1, 0.15) is 16.1 Å². The Morgan fingerprint density at radius 3 is 2.83 bits per heavy atom. The van der Waals surface area contributed by atoms with Crippen LogP contribution in [-0.2, 0) is 9.53 Å². The number of fused-ring (bicyclic) bond motifs is 1. The first kappa shape index (κ1) is 16.1. The summed E-state index contributed by atoms with van der Waals surface area (Å²) in [5.74, 6) is 0.298. The maximum absolute atomic E-state index is 12.1. The fraction of sp³-hybridized carbons (Fsp3) is 0.267. The largest absolute Gasteiger partial charge is 0.486 e. The minimum atomic E-state index is -0.708. The van der Waals surface area contributed by atoms with E-state index >= 15 is 0 Å². The van der Waals surface area contributed by atoms with Gasteiger partial charge < -0.3 is 24.1 Å². The third kappa shape index (κ3) is 3.60. The van der Waals surface area contributed by atoms with Crippen LogP contribution in [0.5, 0.6) is 11.5 Å². The Balaban J connectivity index is 1.60. The number of hydrogen-bond acceptors (Lipinski definition) is 7. The van der Waals surface area contributed by atoms with Crippen LogP contribution in [0.3, 0.4) is 0 Å². The number of nitrogens with one attached hydrogen (secondary N) is 1. The van der Waals surface area contributed by atoms with Gasteiger partial charge in [0, 0.05) is 6.07 Å². The molecule has 0 bridgehead atoms. The number of halogens is 1. The lowest BCUT2D eigenvalue weighted by Crippen LogP contribution is -2.21. The summed E-state index contributed by atoms with van der Waals surface area (Å²) in [6.07, 6.45) is 0. The molecule has 1 aromatic carbocycles. The number of aromatic nitrogens is 1. The van der Waals surface area contributed by atoms with Crippen LogP contribution < -0.4 is 14.8 Å². The highest BCUT2D eigenvalue weighted by Crippen LogP contribution is 2.38. The topological polar surface area (TPSA) is 99.9 Å². The van der Waals surface area contributed by atoms with Crippen molar-refractivity contribution < 1.29 is 28.3 Å². The summed E-state index contributed by atoms with van der Waals surface area (Å²) in [5, 5.41) is 6.28.